The highest BCUT2D eigenvalue weighted by Crippen LogP contribution is 2.63. The average Bonchev–Trinajstić information content (AvgIpc) is 3.43. The molecule has 1 aliphatic heterocycles. The zero-order valence-corrected chi connectivity index (χ0v) is 18.4. The topological polar surface area (TPSA) is 108 Å². The summed E-state index contributed by atoms with van der Waals surface area (Å²) >= 11 is 0. The lowest BCUT2D eigenvalue weighted by Gasteiger charge is -2.36. The fourth-order valence-electron chi connectivity index (χ4n) is 6.28. The van der Waals surface area contributed by atoms with Gasteiger partial charge >= 0.3 is 17.9 Å². The first-order chi connectivity index (χ1) is 14.6. The molecule has 7 atom stereocenters. The van der Waals surface area contributed by atoms with Crippen LogP contribution < -0.4 is 0 Å². The van der Waals surface area contributed by atoms with Gasteiger partial charge in [0.1, 0.15) is 17.8 Å². The largest absolute Gasteiger partial charge is 0.459 e. The van der Waals surface area contributed by atoms with Crippen LogP contribution in [0.2, 0.25) is 0 Å². The van der Waals surface area contributed by atoms with Crippen molar-refractivity contribution in [3.63, 3.8) is 0 Å². The highest BCUT2D eigenvalue weighted by molar-refractivity contribution is 5.88. The number of hydrogen-bond acceptors (Lipinski definition) is 8. The van der Waals surface area contributed by atoms with Crippen LogP contribution in [0.4, 0.5) is 0 Å². The Balaban J connectivity index is 1.49. The molecule has 0 amide bonds. The van der Waals surface area contributed by atoms with E-state index in [1.165, 1.54) is 6.92 Å². The van der Waals surface area contributed by atoms with Gasteiger partial charge in [0.15, 0.2) is 12.4 Å². The Morgan fingerprint density at radius 3 is 2.48 bits per heavy atom. The molecule has 0 aromatic rings. The van der Waals surface area contributed by atoms with Crippen LogP contribution in [0.1, 0.15) is 59.3 Å². The Kier molecular flexibility index (Phi) is 5.67. The number of carbonyl (C=O) groups excluding carboxylic acids is 3. The molecule has 1 saturated heterocycles. The van der Waals surface area contributed by atoms with E-state index >= 15 is 0 Å². The molecule has 172 valence electrons. The molecule has 0 aromatic heterocycles. The molecule has 4 aliphatic rings. The number of aliphatic hydroxyl groups is 1. The zero-order valence-electron chi connectivity index (χ0n) is 18.4. The number of esters is 3. The second kappa shape index (κ2) is 7.89. The molecule has 3 aliphatic carbocycles. The van der Waals surface area contributed by atoms with Crippen LogP contribution in [0.3, 0.4) is 0 Å². The van der Waals surface area contributed by atoms with Gasteiger partial charge in [-0.3, -0.25) is 4.79 Å². The smallest absolute Gasteiger partial charge is 0.344 e. The summed E-state index contributed by atoms with van der Waals surface area (Å²) < 4.78 is 22.4. The molecule has 8 heteroatoms. The summed E-state index contributed by atoms with van der Waals surface area (Å²) in [6.07, 6.45) is 3.97. The lowest BCUT2D eigenvalue weighted by molar-refractivity contribution is -0.211. The van der Waals surface area contributed by atoms with Crippen molar-refractivity contribution in [2.24, 2.45) is 23.7 Å². The van der Waals surface area contributed by atoms with Crippen molar-refractivity contribution in [1.29, 1.82) is 0 Å². The Morgan fingerprint density at radius 2 is 1.87 bits per heavy atom. The molecule has 0 radical (unpaired) electrons. The molecule has 2 bridgehead atoms. The van der Waals surface area contributed by atoms with Gasteiger partial charge in [-0.2, -0.15) is 0 Å². The van der Waals surface area contributed by atoms with Gasteiger partial charge in [0, 0.05) is 17.4 Å². The molecule has 8 nitrogen and oxygen atoms in total. The van der Waals surface area contributed by atoms with Crippen LogP contribution in [0.25, 0.3) is 0 Å². The Morgan fingerprint density at radius 1 is 1.19 bits per heavy atom. The third-order valence-corrected chi connectivity index (χ3v) is 7.70. The maximum atomic E-state index is 13.3. The molecule has 7 unspecified atom stereocenters. The molecule has 31 heavy (non-hydrogen) atoms. The molecule has 1 N–H and O–H groups in total. The molecule has 4 rings (SSSR count). The molecular weight excluding hydrogens is 404 g/mol. The fraction of sp³-hybridized carbons (Fsp3) is 0.783. The van der Waals surface area contributed by atoms with Crippen LogP contribution in [0.15, 0.2) is 12.2 Å². The number of ether oxygens (including phenoxy) is 4. The highest BCUT2D eigenvalue weighted by Gasteiger charge is 2.72. The first-order valence-electron chi connectivity index (χ1n) is 11.2. The summed E-state index contributed by atoms with van der Waals surface area (Å²) in [5.74, 6) is -4.58. The van der Waals surface area contributed by atoms with Crippen molar-refractivity contribution in [3.8, 4) is 0 Å². The van der Waals surface area contributed by atoms with E-state index < -0.39 is 48.1 Å². The molecule has 0 aromatic carbocycles. The minimum atomic E-state index is -1.49. The van der Waals surface area contributed by atoms with Crippen molar-refractivity contribution in [2.45, 2.75) is 82.9 Å². The highest BCUT2D eigenvalue weighted by atomic mass is 16.7. The van der Waals surface area contributed by atoms with E-state index in [0.717, 1.165) is 32.1 Å². The van der Waals surface area contributed by atoms with E-state index in [1.807, 2.05) is 6.92 Å². The lowest BCUT2D eigenvalue weighted by atomic mass is 9.75. The zero-order chi connectivity index (χ0) is 22.6. The number of carbonyl (C=O) groups is 3. The van der Waals surface area contributed by atoms with Crippen LogP contribution >= 0.6 is 0 Å². The summed E-state index contributed by atoms with van der Waals surface area (Å²) in [4.78, 5) is 37.2. The van der Waals surface area contributed by atoms with Crippen LogP contribution in [-0.2, 0) is 33.3 Å². The number of hydrogen-bond donors (Lipinski definition) is 1. The third kappa shape index (κ3) is 3.78. The Labute approximate surface area is 182 Å². The third-order valence-electron chi connectivity index (χ3n) is 7.70. The summed E-state index contributed by atoms with van der Waals surface area (Å²) in [5, 5.41) is 10.9. The van der Waals surface area contributed by atoms with Crippen molar-refractivity contribution in [1.82, 2.24) is 0 Å². The summed E-state index contributed by atoms with van der Waals surface area (Å²) in [7, 11) is 0. The lowest BCUT2D eigenvalue weighted by Crippen LogP contribution is -2.47. The van der Waals surface area contributed by atoms with Gasteiger partial charge in [-0.1, -0.05) is 13.5 Å². The molecule has 4 fully saturated rings. The molecular formula is C23H32O8. The van der Waals surface area contributed by atoms with Crippen molar-refractivity contribution in [3.05, 3.63) is 12.2 Å². The van der Waals surface area contributed by atoms with Gasteiger partial charge in [-0.15, -0.1) is 0 Å². The van der Waals surface area contributed by atoms with Gasteiger partial charge in [-0.25, -0.2) is 9.59 Å². The monoisotopic (exact) mass is 436 g/mol. The van der Waals surface area contributed by atoms with E-state index in [9.17, 15) is 19.5 Å². The van der Waals surface area contributed by atoms with Gasteiger partial charge in [0.25, 0.3) is 0 Å². The summed E-state index contributed by atoms with van der Waals surface area (Å²) in [6.45, 7) is 8.01. The quantitative estimate of drug-likeness (QED) is 0.368. The molecule has 1 heterocycles. The van der Waals surface area contributed by atoms with Gasteiger partial charge in [-0.05, 0) is 58.3 Å². The summed E-state index contributed by atoms with van der Waals surface area (Å²) in [5.41, 5.74) is -0.252. The number of rotatable bonds is 7. The second-order valence-electron chi connectivity index (χ2n) is 9.73. The van der Waals surface area contributed by atoms with E-state index in [0.29, 0.717) is 6.42 Å². The fourth-order valence-corrected chi connectivity index (χ4v) is 6.28. The SMILES string of the molecule is C=C(C)C(=O)OCC(=O)OC1C2CC3C1OC(C)(O)C3C2C(=O)OC1(CC)CCCC1. The van der Waals surface area contributed by atoms with Crippen molar-refractivity contribution in [2.75, 3.05) is 6.61 Å². The first kappa shape index (κ1) is 22.3. The van der Waals surface area contributed by atoms with E-state index in [4.69, 9.17) is 18.9 Å². The first-order valence-corrected chi connectivity index (χ1v) is 11.2. The van der Waals surface area contributed by atoms with Gasteiger partial charge in [0.2, 0.25) is 0 Å². The predicted octanol–water partition coefficient (Wildman–Crippen LogP) is 2.27. The predicted molar refractivity (Wildman–Crippen MR) is 107 cm³/mol. The average molecular weight is 437 g/mol. The van der Waals surface area contributed by atoms with Crippen molar-refractivity contribution < 1.29 is 38.4 Å². The van der Waals surface area contributed by atoms with Crippen LogP contribution in [0.5, 0.6) is 0 Å². The van der Waals surface area contributed by atoms with E-state index in [1.54, 1.807) is 6.92 Å². The van der Waals surface area contributed by atoms with Crippen LogP contribution in [0, 0.1) is 23.7 Å². The molecule has 3 saturated carbocycles. The second-order valence-corrected chi connectivity index (χ2v) is 9.73. The Hall–Kier alpha value is -1.93. The minimum Gasteiger partial charge on any atom is -0.459 e. The minimum absolute atomic E-state index is 0.0884. The standard InChI is InChI=1S/C23H32O8/c1-5-23(8-6-7-9-23)31-21(26)16-13-10-14-17(16)22(4,27)30-19(14)18(13)29-15(24)11-28-20(25)12(2)3/h13-14,16-19,27H,2,5-11H2,1,3-4H3. The number of fused-ring (bicyclic) bond motifs is 1. The van der Waals surface area contributed by atoms with E-state index in [2.05, 4.69) is 6.58 Å². The van der Waals surface area contributed by atoms with E-state index in [-0.39, 0.29) is 29.3 Å². The van der Waals surface area contributed by atoms with Crippen molar-refractivity contribution >= 4 is 17.9 Å². The van der Waals surface area contributed by atoms with Gasteiger partial charge < -0.3 is 24.1 Å². The van der Waals surface area contributed by atoms with Crippen LogP contribution in [-0.4, -0.2) is 53.2 Å². The maximum absolute atomic E-state index is 13.3. The normalized spacial score (nSPS) is 39.4. The summed E-state index contributed by atoms with van der Waals surface area (Å²) in [6, 6.07) is 0. The Bertz CT molecular complexity index is 780. The maximum Gasteiger partial charge on any atom is 0.344 e. The molecule has 0 spiro atoms. The van der Waals surface area contributed by atoms with Gasteiger partial charge in [0.05, 0.1) is 5.92 Å².